The van der Waals surface area contributed by atoms with E-state index < -0.39 is 25.6 Å². The monoisotopic (exact) mass is 232 g/mol. The molecule has 1 unspecified atom stereocenters. The van der Waals surface area contributed by atoms with E-state index in [1.165, 1.54) is 0 Å². The SMILES string of the molecule is OCC(F)CCCCCOCC(F)(F)F. The molecule has 0 saturated heterocycles. The van der Waals surface area contributed by atoms with Gasteiger partial charge >= 0.3 is 6.18 Å². The Hall–Kier alpha value is -0.360. The molecule has 0 aliphatic heterocycles. The summed E-state index contributed by atoms with van der Waals surface area (Å²) < 4.78 is 51.5. The summed E-state index contributed by atoms with van der Waals surface area (Å²) in [6, 6.07) is 0. The molecule has 1 atom stereocenters. The zero-order valence-electron chi connectivity index (χ0n) is 8.39. The van der Waals surface area contributed by atoms with E-state index in [-0.39, 0.29) is 13.0 Å². The van der Waals surface area contributed by atoms with Crippen molar-refractivity contribution in [1.82, 2.24) is 0 Å². The van der Waals surface area contributed by atoms with Crippen LogP contribution >= 0.6 is 0 Å². The van der Waals surface area contributed by atoms with Crippen LogP contribution in [-0.2, 0) is 4.74 Å². The van der Waals surface area contributed by atoms with Crippen molar-refractivity contribution in [1.29, 1.82) is 0 Å². The second kappa shape index (κ2) is 7.87. The number of hydrogen-bond acceptors (Lipinski definition) is 2. The summed E-state index contributed by atoms with van der Waals surface area (Å²) >= 11 is 0. The topological polar surface area (TPSA) is 29.5 Å². The van der Waals surface area contributed by atoms with E-state index in [2.05, 4.69) is 4.74 Å². The maximum Gasteiger partial charge on any atom is 0.411 e. The molecule has 2 nitrogen and oxygen atoms in total. The van der Waals surface area contributed by atoms with Gasteiger partial charge in [0.2, 0.25) is 0 Å². The standard InChI is InChI=1S/C9H16F4O2/c10-8(6-14)4-2-1-3-5-15-7-9(11,12)13/h8,14H,1-7H2. The minimum absolute atomic E-state index is 0.0373. The second-order valence-corrected chi connectivity index (χ2v) is 3.30. The van der Waals surface area contributed by atoms with Crippen molar-refractivity contribution in [2.24, 2.45) is 0 Å². The molecule has 0 aromatic heterocycles. The van der Waals surface area contributed by atoms with Gasteiger partial charge in [-0.2, -0.15) is 13.2 Å². The zero-order chi connectivity index (χ0) is 11.7. The van der Waals surface area contributed by atoms with E-state index in [1.54, 1.807) is 0 Å². The van der Waals surface area contributed by atoms with E-state index in [9.17, 15) is 17.6 Å². The van der Waals surface area contributed by atoms with Crippen molar-refractivity contribution in [3.63, 3.8) is 0 Å². The van der Waals surface area contributed by atoms with Crippen molar-refractivity contribution in [3.8, 4) is 0 Å². The maximum absolute atomic E-state index is 12.4. The molecule has 0 heterocycles. The first-order valence-electron chi connectivity index (χ1n) is 4.85. The van der Waals surface area contributed by atoms with Gasteiger partial charge in [-0.05, 0) is 12.8 Å². The van der Waals surface area contributed by atoms with Crippen LogP contribution in [0.25, 0.3) is 0 Å². The van der Waals surface area contributed by atoms with Crippen LogP contribution in [0.2, 0.25) is 0 Å². The molecule has 0 spiro atoms. The summed E-state index contributed by atoms with van der Waals surface area (Å²) in [6.07, 6.45) is -3.61. The highest BCUT2D eigenvalue weighted by Crippen LogP contribution is 2.14. The smallest absolute Gasteiger partial charge is 0.393 e. The summed E-state index contributed by atoms with van der Waals surface area (Å²) in [5.74, 6) is 0. The van der Waals surface area contributed by atoms with E-state index in [1.807, 2.05) is 0 Å². The Bertz CT molecular complexity index is 150. The molecular weight excluding hydrogens is 216 g/mol. The summed E-state index contributed by atoms with van der Waals surface area (Å²) in [5.41, 5.74) is 0. The first-order chi connectivity index (χ1) is 6.95. The van der Waals surface area contributed by atoms with Crippen LogP contribution in [0.5, 0.6) is 0 Å². The lowest BCUT2D eigenvalue weighted by molar-refractivity contribution is -0.174. The molecule has 0 aliphatic rings. The Morgan fingerprint density at radius 1 is 1.13 bits per heavy atom. The van der Waals surface area contributed by atoms with Gasteiger partial charge < -0.3 is 9.84 Å². The van der Waals surface area contributed by atoms with Gasteiger partial charge in [-0.15, -0.1) is 0 Å². The van der Waals surface area contributed by atoms with E-state index >= 15 is 0 Å². The largest absolute Gasteiger partial charge is 0.411 e. The van der Waals surface area contributed by atoms with Gasteiger partial charge in [0.05, 0.1) is 6.61 Å². The van der Waals surface area contributed by atoms with E-state index in [0.29, 0.717) is 19.3 Å². The molecule has 1 N–H and O–H groups in total. The number of halogens is 4. The summed E-state index contributed by atoms with van der Waals surface area (Å²) in [7, 11) is 0. The lowest BCUT2D eigenvalue weighted by atomic mass is 10.1. The molecule has 6 heteroatoms. The molecule has 0 radical (unpaired) electrons. The van der Waals surface area contributed by atoms with Crippen molar-refractivity contribution >= 4 is 0 Å². The van der Waals surface area contributed by atoms with E-state index in [0.717, 1.165) is 0 Å². The lowest BCUT2D eigenvalue weighted by Gasteiger charge is -2.07. The van der Waals surface area contributed by atoms with Crippen molar-refractivity contribution in [3.05, 3.63) is 0 Å². The van der Waals surface area contributed by atoms with Crippen LogP contribution in [0.3, 0.4) is 0 Å². The predicted molar refractivity (Wildman–Crippen MR) is 47.3 cm³/mol. The molecular formula is C9H16F4O2. The minimum atomic E-state index is -4.28. The Morgan fingerprint density at radius 3 is 2.33 bits per heavy atom. The number of rotatable bonds is 8. The molecule has 0 saturated carbocycles. The first kappa shape index (κ1) is 14.6. The minimum Gasteiger partial charge on any atom is -0.393 e. The summed E-state index contributed by atoms with van der Waals surface area (Å²) in [5, 5.41) is 8.34. The molecule has 0 aromatic carbocycles. The van der Waals surface area contributed by atoms with Crippen LogP contribution in [0.15, 0.2) is 0 Å². The Labute approximate surface area is 86.2 Å². The third-order valence-corrected chi connectivity index (χ3v) is 1.77. The number of alkyl halides is 4. The zero-order valence-corrected chi connectivity index (χ0v) is 8.39. The maximum atomic E-state index is 12.4. The van der Waals surface area contributed by atoms with Crippen LogP contribution < -0.4 is 0 Å². The molecule has 0 rings (SSSR count). The number of aliphatic hydroxyl groups is 1. The number of aliphatic hydroxyl groups excluding tert-OH is 1. The fourth-order valence-corrected chi connectivity index (χ4v) is 1.03. The first-order valence-corrected chi connectivity index (χ1v) is 4.85. The normalized spacial score (nSPS) is 14.2. The molecule has 0 amide bonds. The molecule has 0 aliphatic carbocycles. The van der Waals surface area contributed by atoms with Crippen LogP contribution in [-0.4, -0.2) is 37.3 Å². The van der Waals surface area contributed by atoms with Crippen molar-refractivity contribution in [2.75, 3.05) is 19.8 Å². The average molecular weight is 232 g/mol. The highest BCUT2D eigenvalue weighted by atomic mass is 19.4. The second-order valence-electron chi connectivity index (χ2n) is 3.30. The van der Waals surface area contributed by atoms with Crippen LogP contribution in [0.4, 0.5) is 17.6 Å². The van der Waals surface area contributed by atoms with Gasteiger partial charge in [-0.1, -0.05) is 12.8 Å². The lowest BCUT2D eigenvalue weighted by Crippen LogP contribution is -2.17. The summed E-state index contributed by atoms with van der Waals surface area (Å²) in [6.45, 7) is -1.68. The Kier molecular flexibility index (Phi) is 7.68. The highest BCUT2D eigenvalue weighted by Gasteiger charge is 2.27. The third-order valence-electron chi connectivity index (χ3n) is 1.77. The van der Waals surface area contributed by atoms with Gasteiger partial charge in [0, 0.05) is 6.61 Å². The van der Waals surface area contributed by atoms with Crippen molar-refractivity contribution in [2.45, 2.75) is 38.0 Å². The molecule has 0 aromatic rings. The average Bonchev–Trinajstić information content (AvgIpc) is 2.14. The molecule has 0 bridgehead atoms. The van der Waals surface area contributed by atoms with Gasteiger partial charge in [-0.25, -0.2) is 4.39 Å². The fourth-order valence-electron chi connectivity index (χ4n) is 1.03. The third kappa shape index (κ3) is 11.6. The fraction of sp³-hybridized carbons (Fsp3) is 1.00. The van der Waals surface area contributed by atoms with Gasteiger partial charge in [-0.3, -0.25) is 0 Å². The highest BCUT2D eigenvalue weighted by molar-refractivity contribution is 4.53. The van der Waals surface area contributed by atoms with Crippen molar-refractivity contribution < 1.29 is 27.4 Å². The number of hydrogen-bond donors (Lipinski definition) is 1. The molecule has 15 heavy (non-hydrogen) atoms. The summed E-state index contributed by atoms with van der Waals surface area (Å²) in [4.78, 5) is 0. The van der Waals surface area contributed by atoms with E-state index in [4.69, 9.17) is 5.11 Å². The van der Waals surface area contributed by atoms with Crippen LogP contribution in [0, 0.1) is 0 Å². The number of ether oxygens (including phenoxy) is 1. The van der Waals surface area contributed by atoms with Gasteiger partial charge in [0.15, 0.2) is 0 Å². The molecule has 92 valence electrons. The molecule has 0 fully saturated rings. The van der Waals surface area contributed by atoms with Crippen LogP contribution in [0.1, 0.15) is 25.7 Å². The van der Waals surface area contributed by atoms with Gasteiger partial charge in [0.25, 0.3) is 0 Å². The van der Waals surface area contributed by atoms with Gasteiger partial charge in [0.1, 0.15) is 12.8 Å². The Balaban J connectivity index is 3.12. The predicted octanol–water partition coefficient (Wildman–Crippen LogP) is 2.46. The Morgan fingerprint density at radius 2 is 1.80 bits per heavy atom. The number of unbranched alkanes of at least 4 members (excludes halogenated alkanes) is 2. The quantitative estimate of drug-likeness (QED) is 0.514.